The fourth-order valence-electron chi connectivity index (χ4n) is 2.93. The van der Waals surface area contributed by atoms with Gasteiger partial charge in [-0.15, -0.1) is 0 Å². The fraction of sp³-hybridized carbons (Fsp3) is 1.00. The van der Waals surface area contributed by atoms with Gasteiger partial charge in [-0.05, 0) is 6.42 Å². The van der Waals surface area contributed by atoms with Crippen molar-refractivity contribution >= 4 is 10.2 Å². The highest BCUT2D eigenvalue weighted by Crippen LogP contribution is 2.21. The van der Waals surface area contributed by atoms with E-state index >= 15 is 0 Å². The summed E-state index contributed by atoms with van der Waals surface area (Å²) in [6, 6.07) is 0. The Morgan fingerprint density at radius 2 is 1.14 bits per heavy atom. The van der Waals surface area contributed by atoms with Gasteiger partial charge in [0.2, 0.25) is 0 Å². The first kappa shape index (κ1) is 22.1. The molecule has 0 aliphatic rings. The van der Waals surface area contributed by atoms with E-state index in [2.05, 4.69) is 6.92 Å². The molecule has 0 bridgehead atoms. The van der Waals surface area contributed by atoms with Gasteiger partial charge in [-0.1, -0.05) is 77.6 Å². The van der Waals surface area contributed by atoms with E-state index in [1.165, 1.54) is 70.6 Å². The molecule has 0 heterocycles. The third kappa shape index (κ3) is 9.98. The second-order valence-corrected chi connectivity index (χ2v) is 7.87. The van der Waals surface area contributed by atoms with Gasteiger partial charge in [-0.3, -0.25) is 0 Å². The SMILES string of the molecule is CCCCCCCCCCCCCC(OC)C([SiH3])(OC)OC. The molecule has 1 unspecified atom stereocenters. The molecule has 0 aromatic heterocycles. The van der Waals surface area contributed by atoms with Crippen LogP contribution in [0.15, 0.2) is 0 Å². The van der Waals surface area contributed by atoms with Crippen LogP contribution in [0.2, 0.25) is 0 Å². The van der Waals surface area contributed by atoms with E-state index in [4.69, 9.17) is 14.2 Å². The standard InChI is InChI=1S/C18H40O3Si/c1-5-6-7-8-9-10-11-12-13-14-15-16-17(19-2)18(22,20-3)21-4/h17H,5-16H2,1-4,22H3. The molecule has 0 rings (SSSR count). The van der Waals surface area contributed by atoms with Crippen LogP contribution in [0.3, 0.4) is 0 Å². The van der Waals surface area contributed by atoms with E-state index in [1.54, 1.807) is 21.3 Å². The van der Waals surface area contributed by atoms with E-state index in [1.807, 2.05) is 0 Å². The number of hydrogen-bond acceptors (Lipinski definition) is 3. The van der Waals surface area contributed by atoms with Crippen LogP contribution >= 0.6 is 0 Å². The minimum atomic E-state index is -0.493. The highest BCUT2D eigenvalue weighted by atomic mass is 28.1. The van der Waals surface area contributed by atoms with Gasteiger partial charge >= 0.3 is 0 Å². The smallest absolute Gasteiger partial charge is 0.165 e. The summed E-state index contributed by atoms with van der Waals surface area (Å²) in [4.78, 5) is 0. The van der Waals surface area contributed by atoms with Crippen molar-refractivity contribution in [1.82, 2.24) is 0 Å². The van der Waals surface area contributed by atoms with E-state index < -0.39 is 5.41 Å². The van der Waals surface area contributed by atoms with Crippen LogP contribution in [-0.2, 0) is 14.2 Å². The van der Waals surface area contributed by atoms with Crippen molar-refractivity contribution < 1.29 is 14.2 Å². The summed E-state index contributed by atoms with van der Waals surface area (Å²) in [5.74, 6) is 0. The van der Waals surface area contributed by atoms with Crippen molar-refractivity contribution in [2.75, 3.05) is 21.3 Å². The molecule has 0 aliphatic heterocycles. The lowest BCUT2D eigenvalue weighted by molar-refractivity contribution is -0.209. The number of hydrogen-bond donors (Lipinski definition) is 0. The first-order valence-corrected chi connectivity index (χ1v) is 10.3. The maximum absolute atomic E-state index is 5.57. The quantitative estimate of drug-likeness (QED) is 0.243. The summed E-state index contributed by atoms with van der Waals surface area (Å²) < 4.78 is 16.6. The van der Waals surface area contributed by atoms with E-state index in [-0.39, 0.29) is 6.10 Å². The van der Waals surface area contributed by atoms with Gasteiger partial charge in [0.15, 0.2) is 5.41 Å². The van der Waals surface area contributed by atoms with Gasteiger partial charge in [-0.2, -0.15) is 0 Å². The molecule has 0 aromatic rings. The Morgan fingerprint density at radius 3 is 1.50 bits per heavy atom. The third-order valence-electron chi connectivity index (χ3n) is 4.75. The number of rotatable bonds is 16. The minimum absolute atomic E-state index is 0.0627. The molecule has 4 heteroatoms. The summed E-state index contributed by atoms with van der Waals surface area (Å²) in [6.45, 7) is 2.28. The Balaban J connectivity index is 3.51. The first-order chi connectivity index (χ1) is 10.6. The number of methoxy groups -OCH3 is 3. The molecule has 0 aromatic carbocycles. The Bertz CT molecular complexity index is 232. The molecule has 1 atom stereocenters. The second-order valence-electron chi connectivity index (χ2n) is 6.47. The fourth-order valence-corrected chi connectivity index (χ4v) is 3.46. The van der Waals surface area contributed by atoms with Gasteiger partial charge in [0.05, 0.1) is 10.2 Å². The van der Waals surface area contributed by atoms with Crippen LogP contribution < -0.4 is 0 Å². The largest absolute Gasteiger partial charge is 0.376 e. The molecule has 0 aliphatic carbocycles. The maximum Gasteiger partial charge on any atom is 0.165 e. The third-order valence-corrected chi connectivity index (χ3v) is 6.21. The molecule has 3 nitrogen and oxygen atoms in total. The summed E-state index contributed by atoms with van der Waals surface area (Å²) in [5, 5.41) is 0. The average molecular weight is 333 g/mol. The predicted molar refractivity (Wildman–Crippen MR) is 98.6 cm³/mol. The van der Waals surface area contributed by atoms with Crippen molar-refractivity contribution in [3.05, 3.63) is 0 Å². The van der Waals surface area contributed by atoms with Gasteiger partial charge in [0.1, 0.15) is 6.10 Å². The lowest BCUT2D eigenvalue weighted by Gasteiger charge is -2.34. The Hall–Kier alpha value is 0.0969. The van der Waals surface area contributed by atoms with Crippen LogP contribution in [0, 0.1) is 0 Å². The molecule has 22 heavy (non-hydrogen) atoms. The van der Waals surface area contributed by atoms with Gasteiger partial charge in [0, 0.05) is 21.3 Å². The highest BCUT2D eigenvalue weighted by Gasteiger charge is 2.33. The number of unbranched alkanes of at least 4 members (excludes halogenated alkanes) is 10. The molecular weight excluding hydrogens is 292 g/mol. The van der Waals surface area contributed by atoms with E-state index in [0.717, 1.165) is 16.7 Å². The second kappa shape index (κ2) is 14.7. The molecule has 134 valence electrons. The van der Waals surface area contributed by atoms with Crippen LogP contribution in [0.25, 0.3) is 0 Å². The Labute approximate surface area is 141 Å². The molecule has 0 fully saturated rings. The summed E-state index contributed by atoms with van der Waals surface area (Å²) in [6.07, 6.45) is 16.2. The van der Waals surface area contributed by atoms with E-state index in [9.17, 15) is 0 Å². The van der Waals surface area contributed by atoms with Crippen molar-refractivity contribution in [1.29, 1.82) is 0 Å². The zero-order valence-electron chi connectivity index (χ0n) is 15.8. The molecule has 0 N–H and O–H groups in total. The van der Waals surface area contributed by atoms with Crippen LogP contribution in [0.5, 0.6) is 0 Å². The molecule has 0 amide bonds. The van der Waals surface area contributed by atoms with Gasteiger partial charge in [-0.25, -0.2) is 0 Å². The lowest BCUT2D eigenvalue weighted by atomic mass is 10.0. The molecule has 0 radical (unpaired) electrons. The molecule has 0 spiro atoms. The summed E-state index contributed by atoms with van der Waals surface area (Å²) in [7, 11) is 5.99. The lowest BCUT2D eigenvalue weighted by Crippen LogP contribution is -2.47. The average Bonchev–Trinajstić information content (AvgIpc) is 2.55. The Kier molecular flexibility index (Phi) is 14.7. The van der Waals surface area contributed by atoms with Crippen LogP contribution in [-0.4, -0.2) is 43.1 Å². The monoisotopic (exact) mass is 332 g/mol. The van der Waals surface area contributed by atoms with Crippen molar-refractivity contribution in [2.24, 2.45) is 0 Å². The van der Waals surface area contributed by atoms with Crippen molar-refractivity contribution in [3.63, 3.8) is 0 Å². The summed E-state index contributed by atoms with van der Waals surface area (Å²) >= 11 is 0. The number of ether oxygens (including phenoxy) is 3. The maximum atomic E-state index is 5.57. The van der Waals surface area contributed by atoms with Gasteiger partial charge in [0.25, 0.3) is 0 Å². The zero-order valence-corrected chi connectivity index (χ0v) is 17.8. The van der Waals surface area contributed by atoms with Gasteiger partial charge < -0.3 is 14.2 Å². The topological polar surface area (TPSA) is 27.7 Å². The van der Waals surface area contributed by atoms with Crippen LogP contribution in [0.4, 0.5) is 0 Å². The molecule has 0 saturated carbocycles. The first-order valence-electron chi connectivity index (χ1n) is 9.27. The van der Waals surface area contributed by atoms with Crippen molar-refractivity contribution in [3.8, 4) is 0 Å². The molecular formula is C18H40O3Si. The normalized spacial score (nSPS) is 13.6. The highest BCUT2D eigenvalue weighted by molar-refractivity contribution is 6.13. The predicted octanol–water partition coefficient (Wildman–Crippen LogP) is 4.01. The van der Waals surface area contributed by atoms with Crippen LogP contribution in [0.1, 0.15) is 84.0 Å². The molecule has 0 saturated heterocycles. The van der Waals surface area contributed by atoms with E-state index in [0.29, 0.717) is 0 Å². The zero-order chi connectivity index (χ0) is 16.7. The summed E-state index contributed by atoms with van der Waals surface area (Å²) in [5.41, 5.74) is -0.493. The van der Waals surface area contributed by atoms with Crippen molar-refractivity contribution in [2.45, 2.75) is 95.5 Å². The Morgan fingerprint density at radius 1 is 0.727 bits per heavy atom. The minimum Gasteiger partial charge on any atom is -0.376 e.